The molecule has 0 aliphatic carbocycles. The van der Waals surface area contributed by atoms with Crippen molar-refractivity contribution in [3.8, 4) is 0 Å². The fourth-order valence-corrected chi connectivity index (χ4v) is 4.50. The number of imide groups is 2. The van der Waals surface area contributed by atoms with Gasteiger partial charge in [-0.15, -0.1) is 0 Å². The second kappa shape index (κ2) is 9.78. The summed E-state index contributed by atoms with van der Waals surface area (Å²) >= 11 is 0. The van der Waals surface area contributed by atoms with Gasteiger partial charge in [0.1, 0.15) is 5.57 Å². The summed E-state index contributed by atoms with van der Waals surface area (Å²) in [7, 11) is 0. The lowest BCUT2D eigenvalue weighted by Gasteiger charge is -2.26. The molecular formula is C29H24N4O5. The summed E-state index contributed by atoms with van der Waals surface area (Å²) in [4.78, 5) is 50.3. The topological polar surface area (TPSA) is 115 Å². The Balaban J connectivity index is 1.51. The largest absolute Gasteiger partial charge is 0.342 e. The van der Waals surface area contributed by atoms with E-state index in [1.54, 1.807) is 24.3 Å². The van der Waals surface area contributed by atoms with E-state index in [-0.39, 0.29) is 17.2 Å². The van der Waals surface area contributed by atoms with Crippen LogP contribution in [0.5, 0.6) is 0 Å². The van der Waals surface area contributed by atoms with Crippen LogP contribution in [0.15, 0.2) is 84.6 Å². The van der Waals surface area contributed by atoms with Crippen molar-refractivity contribution in [1.82, 2.24) is 9.88 Å². The van der Waals surface area contributed by atoms with Crippen LogP contribution in [0.1, 0.15) is 36.5 Å². The molecule has 0 bridgehead atoms. The van der Waals surface area contributed by atoms with Crippen LogP contribution in [0, 0.1) is 10.1 Å². The molecular weight excluding hydrogens is 484 g/mol. The number of nitro groups is 1. The van der Waals surface area contributed by atoms with Crippen molar-refractivity contribution in [1.29, 1.82) is 0 Å². The highest BCUT2D eigenvalue weighted by molar-refractivity contribution is 6.39. The molecule has 1 N–H and O–H groups in total. The number of para-hydroxylation sites is 1. The van der Waals surface area contributed by atoms with Crippen LogP contribution in [-0.2, 0) is 16.1 Å². The number of carbonyl (C=O) groups excluding carboxylic acids is 3. The van der Waals surface area contributed by atoms with E-state index in [0.29, 0.717) is 17.8 Å². The summed E-state index contributed by atoms with van der Waals surface area (Å²) < 4.78 is 1.95. The SMILES string of the molecule is CC(C)c1ccc(N2C(=O)NC(=O)C(=Cc3cn(Cc4ccc([N+](=O)[O-])cc4)c4ccccc34)C2=O)cc1. The summed E-state index contributed by atoms with van der Waals surface area (Å²) in [5, 5.41) is 14.1. The second-order valence-electron chi connectivity index (χ2n) is 9.36. The number of amides is 4. The lowest BCUT2D eigenvalue weighted by molar-refractivity contribution is -0.384. The number of nitro benzene ring substituents is 1. The molecule has 4 aromatic rings. The predicted octanol–water partition coefficient (Wildman–Crippen LogP) is 5.39. The first-order valence-electron chi connectivity index (χ1n) is 12.1. The van der Waals surface area contributed by atoms with E-state index in [2.05, 4.69) is 5.32 Å². The fraction of sp³-hybridized carbons (Fsp3) is 0.138. The Morgan fingerprint density at radius 1 is 0.947 bits per heavy atom. The number of non-ortho nitro benzene ring substituents is 1. The molecule has 0 spiro atoms. The molecule has 1 fully saturated rings. The molecule has 5 rings (SSSR count). The minimum Gasteiger partial charge on any atom is -0.342 e. The number of aromatic nitrogens is 1. The summed E-state index contributed by atoms with van der Waals surface area (Å²) in [6, 6.07) is 20.1. The Bertz CT molecular complexity index is 1620. The molecule has 38 heavy (non-hydrogen) atoms. The number of nitrogens with one attached hydrogen (secondary N) is 1. The average molecular weight is 509 g/mol. The van der Waals surface area contributed by atoms with Gasteiger partial charge >= 0.3 is 6.03 Å². The van der Waals surface area contributed by atoms with Gasteiger partial charge < -0.3 is 4.57 Å². The first-order valence-corrected chi connectivity index (χ1v) is 12.1. The second-order valence-corrected chi connectivity index (χ2v) is 9.36. The molecule has 4 amide bonds. The molecule has 2 heterocycles. The third kappa shape index (κ3) is 4.57. The quantitative estimate of drug-likeness (QED) is 0.162. The summed E-state index contributed by atoms with van der Waals surface area (Å²) in [5.74, 6) is -1.18. The molecule has 0 saturated carbocycles. The van der Waals surface area contributed by atoms with Crippen molar-refractivity contribution in [3.63, 3.8) is 0 Å². The zero-order chi connectivity index (χ0) is 27.0. The van der Waals surface area contributed by atoms with Crippen molar-refractivity contribution in [2.24, 2.45) is 0 Å². The van der Waals surface area contributed by atoms with Crippen molar-refractivity contribution in [3.05, 3.63) is 111 Å². The van der Waals surface area contributed by atoms with E-state index in [4.69, 9.17) is 0 Å². The molecule has 1 aromatic heterocycles. The normalized spacial score (nSPS) is 15.0. The van der Waals surface area contributed by atoms with Gasteiger partial charge in [0, 0.05) is 41.3 Å². The lowest BCUT2D eigenvalue weighted by atomic mass is 10.0. The minimum absolute atomic E-state index is 0.0105. The first kappa shape index (κ1) is 24.6. The maximum absolute atomic E-state index is 13.4. The molecule has 0 unspecified atom stereocenters. The maximum atomic E-state index is 13.4. The predicted molar refractivity (Wildman–Crippen MR) is 144 cm³/mol. The van der Waals surface area contributed by atoms with Gasteiger partial charge in [-0.1, -0.05) is 56.3 Å². The summed E-state index contributed by atoms with van der Waals surface area (Å²) in [6.07, 6.45) is 3.31. The van der Waals surface area contributed by atoms with Crippen LogP contribution < -0.4 is 10.2 Å². The highest BCUT2D eigenvalue weighted by Gasteiger charge is 2.37. The lowest BCUT2D eigenvalue weighted by Crippen LogP contribution is -2.54. The van der Waals surface area contributed by atoms with Gasteiger partial charge in [-0.05, 0) is 41.3 Å². The third-order valence-corrected chi connectivity index (χ3v) is 6.54. The summed E-state index contributed by atoms with van der Waals surface area (Å²) in [5.41, 5.74) is 3.63. The Morgan fingerprint density at radius 3 is 2.29 bits per heavy atom. The van der Waals surface area contributed by atoms with Crippen LogP contribution >= 0.6 is 0 Å². The molecule has 1 saturated heterocycles. The number of nitrogens with zero attached hydrogens (tertiary/aromatic N) is 3. The molecule has 9 nitrogen and oxygen atoms in total. The number of benzene rings is 3. The van der Waals surface area contributed by atoms with E-state index in [1.165, 1.54) is 18.2 Å². The van der Waals surface area contributed by atoms with Gasteiger partial charge in [-0.3, -0.25) is 25.0 Å². The Hall–Kier alpha value is -5.05. The Kier molecular flexibility index (Phi) is 6.34. The first-order chi connectivity index (χ1) is 18.2. The van der Waals surface area contributed by atoms with Gasteiger partial charge in [0.05, 0.1) is 10.6 Å². The number of anilines is 1. The van der Waals surface area contributed by atoms with Crippen LogP contribution in [0.2, 0.25) is 0 Å². The zero-order valence-corrected chi connectivity index (χ0v) is 20.8. The highest BCUT2D eigenvalue weighted by atomic mass is 16.6. The van der Waals surface area contributed by atoms with Gasteiger partial charge in [0.25, 0.3) is 17.5 Å². The monoisotopic (exact) mass is 508 g/mol. The number of carbonyl (C=O) groups is 3. The van der Waals surface area contributed by atoms with Gasteiger partial charge in [0.2, 0.25) is 0 Å². The number of barbiturate groups is 1. The number of urea groups is 1. The number of fused-ring (bicyclic) bond motifs is 1. The van der Waals surface area contributed by atoms with E-state index in [0.717, 1.165) is 26.9 Å². The molecule has 3 aromatic carbocycles. The molecule has 1 aliphatic rings. The Labute approximate surface area is 218 Å². The average Bonchev–Trinajstić information content (AvgIpc) is 3.24. The molecule has 9 heteroatoms. The van der Waals surface area contributed by atoms with Crippen LogP contribution in [0.4, 0.5) is 16.2 Å². The van der Waals surface area contributed by atoms with Crippen LogP contribution in [-0.4, -0.2) is 27.3 Å². The van der Waals surface area contributed by atoms with Crippen molar-refractivity contribution >= 4 is 46.2 Å². The van der Waals surface area contributed by atoms with Gasteiger partial charge in [-0.25, -0.2) is 9.69 Å². The molecule has 0 radical (unpaired) electrons. The van der Waals surface area contributed by atoms with Crippen LogP contribution in [0.25, 0.3) is 17.0 Å². The fourth-order valence-electron chi connectivity index (χ4n) is 4.50. The molecule has 1 aliphatic heterocycles. The number of hydrogen-bond donors (Lipinski definition) is 1. The molecule has 190 valence electrons. The minimum atomic E-state index is -0.796. The standard InChI is InChI=1S/C29H24N4O5/c1-18(2)20-9-13-22(14-10-20)32-28(35)25(27(34)30-29(32)36)15-21-17-31(26-6-4-3-5-24(21)26)16-19-7-11-23(12-8-19)33(37)38/h3-15,17-18H,16H2,1-2H3,(H,30,34,36). The third-order valence-electron chi connectivity index (χ3n) is 6.54. The van der Waals surface area contributed by atoms with E-state index >= 15 is 0 Å². The van der Waals surface area contributed by atoms with Crippen molar-refractivity contribution in [2.45, 2.75) is 26.3 Å². The van der Waals surface area contributed by atoms with Crippen LogP contribution in [0.3, 0.4) is 0 Å². The smallest absolute Gasteiger partial charge is 0.335 e. The highest BCUT2D eigenvalue weighted by Crippen LogP contribution is 2.28. The van der Waals surface area contributed by atoms with Gasteiger partial charge in [-0.2, -0.15) is 0 Å². The van der Waals surface area contributed by atoms with E-state index < -0.39 is 22.8 Å². The Morgan fingerprint density at radius 2 is 1.63 bits per heavy atom. The number of hydrogen-bond acceptors (Lipinski definition) is 5. The summed E-state index contributed by atoms with van der Waals surface area (Å²) in [6.45, 7) is 4.52. The van der Waals surface area contributed by atoms with E-state index in [9.17, 15) is 24.5 Å². The van der Waals surface area contributed by atoms with E-state index in [1.807, 2.05) is 61.0 Å². The number of rotatable bonds is 6. The maximum Gasteiger partial charge on any atom is 0.335 e. The van der Waals surface area contributed by atoms with Crippen molar-refractivity contribution in [2.75, 3.05) is 4.90 Å². The van der Waals surface area contributed by atoms with Gasteiger partial charge in [0.15, 0.2) is 0 Å². The molecule has 0 atom stereocenters. The van der Waals surface area contributed by atoms with Crippen molar-refractivity contribution < 1.29 is 19.3 Å². The zero-order valence-electron chi connectivity index (χ0n) is 20.8.